The Labute approximate surface area is 71.6 Å². The molecule has 0 aromatic carbocycles. The number of hydrogen-bond acceptors (Lipinski definition) is 4. The number of hydrogen-bond donors (Lipinski definition) is 1. The molecule has 0 aromatic heterocycles. The summed E-state index contributed by atoms with van der Waals surface area (Å²) in [6, 6.07) is 1.72. The summed E-state index contributed by atoms with van der Waals surface area (Å²) < 4.78 is 4.62. The predicted octanol–water partition coefficient (Wildman–Crippen LogP) is 0.696. The van der Waals surface area contributed by atoms with Crippen LogP contribution in [0.3, 0.4) is 0 Å². The molecule has 0 aliphatic heterocycles. The molecule has 4 heteroatoms. The van der Waals surface area contributed by atoms with E-state index in [1.54, 1.807) is 19.9 Å². The van der Waals surface area contributed by atoms with Gasteiger partial charge in [-0.15, -0.1) is 0 Å². The summed E-state index contributed by atoms with van der Waals surface area (Å²) in [4.78, 5) is 11.0. The fourth-order valence-corrected chi connectivity index (χ4v) is 0.629. The lowest BCUT2D eigenvalue weighted by atomic mass is 10.2. The molecular weight excluding hydrogens is 156 g/mol. The van der Waals surface area contributed by atoms with Crippen LogP contribution in [0.2, 0.25) is 0 Å². The first-order valence-electron chi connectivity index (χ1n) is 3.73. The maximum atomic E-state index is 11.0. The molecule has 0 fully saturated rings. The summed E-state index contributed by atoms with van der Waals surface area (Å²) in [6.07, 6.45) is 0.474. The van der Waals surface area contributed by atoms with Crippen LogP contribution in [-0.4, -0.2) is 12.6 Å². The third-order valence-corrected chi connectivity index (χ3v) is 1.29. The van der Waals surface area contributed by atoms with E-state index in [0.29, 0.717) is 6.42 Å². The van der Waals surface area contributed by atoms with Crippen LogP contribution in [0.25, 0.3) is 0 Å². The van der Waals surface area contributed by atoms with Gasteiger partial charge >= 0.3 is 5.97 Å². The summed E-state index contributed by atoms with van der Waals surface area (Å²) in [6.45, 7) is 3.70. The molecule has 0 bridgehead atoms. The summed E-state index contributed by atoms with van der Waals surface area (Å²) in [5.74, 6) is -0.639. The third kappa shape index (κ3) is 2.62. The smallest absolute Gasteiger partial charge is 0.350 e. The molecule has 0 amide bonds. The van der Waals surface area contributed by atoms with Gasteiger partial charge in [0.1, 0.15) is 6.07 Å². The maximum Gasteiger partial charge on any atom is 0.350 e. The first-order valence-corrected chi connectivity index (χ1v) is 3.73. The molecule has 0 spiro atoms. The predicted molar refractivity (Wildman–Crippen MR) is 43.8 cm³/mol. The molecule has 0 aromatic rings. The molecule has 0 radical (unpaired) electrons. The second-order valence-corrected chi connectivity index (χ2v) is 2.09. The standard InChI is InChI=1S/C8H12N2O2/c1-3-7(10)6(5-9)8(11)12-4-2/h3-4,10H2,1-2H3. The van der Waals surface area contributed by atoms with E-state index in [0.717, 1.165) is 0 Å². The number of nitrogens with two attached hydrogens (primary N) is 1. The van der Waals surface area contributed by atoms with E-state index in [1.807, 2.05) is 0 Å². The highest BCUT2D eigenvalue weighted by Gasteiger charge is 2.12. The van der Waals surface area contributed by atoms with E-state index in [9.17, 15) is 4.79 Å². The number of carbonyl (C=O) groups is 1. The van der Waals surface area contributed by atoms with E-state index in [2.05, 4.69) is 4.74 Å². The van der Waals surface area contributed by atoms with Gasteiger partial charge in [-0.1, -0.05) is 6.92 Å². The van der Waals surface area contributed by atoms with Gasteiger partial charge in [-0.2, -0.15) is 5.26 Å². The number of allylic oxidation sites excluding steroid dienone is 1. The summed E-state index contributed by atoms with van der Waals surface area (Å²) in [7, 11) is 0. The quantitative estimate of drug-likeness (QED) is 0.382. The van der Waals surface area contributed by atoms with E-state index in [1.165, 1.54) is 0 Å². The van der Waals surface area contributed by atoms with Crippen LogP contribution in [0.1, 0.15) is 20.3 Å². The van der Waals surface area contributed by atoms with Crippen molar-refractivity contribution < 1.29 is 9.53 Å². The lowest BCUT2D eigenvalue weighted by Crippen LogP contribution is -2.12. The molecule has 0 unspecified atom stereocenters. The van der Waals surface area contributed by atoms with Crippen molar-refractivity contribution in [2.45, 2.75) is 20.3 Å². The molecule has 0 rings (SSSR count). The topological polar surface area (TPSA) is 76.1 Å². The first kappa shape index (κ1) is 10.5. The number of carbonyl (C=O) groups excluding carboxylic acids is 1. The van der Waals surface area contributed by atoms with Crippen LogP contribution >= 0.6 is 0 Å². The Morgan fingerprint density at radius 1 is 1.58 bits per heavy atom. The molecular formula is C8H12N2O2. The molecule has 0 saturated carbocycles. The van der Waals surface area contributed by atoms with Gasteiger partial charge in [0.25, 0.3) is 0 Å². The number of rotatable bonds is 3. The highest BCUT2D eigenvalue weighted by Crippen LogP contribution is 2.03. The van der Waals surface area contributed by atoms with E-state index in [4.69, 9.17) is 11.0 Å². The molecule has 0 atom stereocenters. The number of nitriles is 1. The van der Waals surface area contributed by atoms with Gasteiger partial charge in [-0.25, -0.2) is 4.79 Å². The Balaban J connectivity index is 4.59. The second kappa shape index (κ2) is 5.19. The van der Waals surface area contributed by atoms with Crippen LogP contribution in [0.15, 0.2) is 11.3 Å². The van der Waals surface area contributed by atoms with Crippen molar-refractivity contribution in [2.24, 2.45) is 5.73 Å². The largest absolute Gasteiger partial charge is 0.462 e. The van der Waals surface area contributed by atoms with Crippen LogP contribution < -0.4 is 5.73 Å². The Morgan fingerprint density at radius 2 is 2.17 bits per heavy atom. The van der Waals surface area contributed by atoms with Crippen molar-refractivity contribution in [3.05, 3.63) is 11.3 Å². The Hall–Kier alpha value is -1.50. The SMILES string of the molecule is CCOC(=O)C(C#N)=C(N)CC. The van der Waals surface area contributed by atoms with E-state index < -0.39 is 5.97 Å². The van der Waals surface area contributed by atoms with E-state index in [-0.39, 0.29) is 17.9 Å². The number of nitrogens with zero attached hydrogens (tertiary/aromatic N) is 1. The molecule has 0 aliphatic rings. The zero-order valence-electron chi connectivity index (χ0n) is 7.26. The fraction of sp³-hybridized carbons (Fsp3) is 0.500. The van der Waals surface area contributed by atoms with Gasteiger partial charge in [0.2, 0.25) is 0 Å². The van der Waals surface area contributed by atoms with Gasteiger partial charge in [0, 0.05) is 5.70 Å². The van der Waals surface area contributed by atoms with Gasteiger partial charge in [0.05, 0.1) is 6.61 Å². The molecule has 12 heavy (non-hydrogen) atoms. The van der Waals surface area contributed by atoms with Crippen LogP contribution in [-0.2, 0) is 9.53 Å². The number of esters is 1. The van der Waals surface area contributed by atoms with Crippen molar-refractivity contribution in [3.63, 3.8) is 0 Å². The first-order chi connectivity index (χ1) is 5.67. The van der Waals surface area contributed by atoms with Gasteiger partial charge in [-0.3, -0.25) is 0 Å². The monoisotopic (exact) mass is 168 g/mol. The third-order valence-electron chi connectivity index (χ3n) is 1.29. The minimum Gasteiger partial charge on any atom is -0.462 e. The van der Waals surface area contributed by atoms with Crippen molar-refractivity contribution >= 4 is 5.97 Å². The molecule has 2 N–H and O–H groups in total. The van der Waals surface area contributed by atoms with Gasteiger partial charge in [-0.05, 0) is 13.3 Å². The lowest BCUT2D eigenvalue weighted by molar-refractivity contribution is -0.138. The normalized spacial score (nSPS) is 11.4. The van der Waals surface area contributed by atoms with Crippen LogP contribution in [0.5, 0.6) is 0 Å². The molecule has 0 heterocycles. The molecule has 0 aliphatic carbocycles. The highest BCUT2D eigenvalue weighted by atomic mass is 16.5. The Kier molecular flexibility index (Phi) is 4.54. The summed E-state index contributed by atoms with van der Waals surface area (Å²) >= 11 is 0. The van der Waals surface area contributed by atoms with Crippen molar-refractivity contribution in [1.29, 1.82) is 5.26 Å². The highest BCUT2D eigenvalue weighted by molar-refractivity contribution is 5.93. The zero-order chi connectivity index (χ0) is 9.56. The van der Waals surface area contributed by atoms with Crippen molar-refractivity contribution in [3.8, 4) is 6.07 Å². The van der Waals surface area contributed by atoms with Gasteiger partial charge < -0.3 is 10.5 Å². The second-order valence-electron chi connectivity index (χ2n) is 2.09. The Morgan fingerprint density at radius 3 is 2.50 bits per heavy atom. The summed E-state index contributed by atoms with van der Waals surface area (Å²) in [5, 5.41) is 8.54. The number of ether oxygens (including phenoxy) is 1. The van der Waals surface area contributed by atoms with Crippen LogP contribution in [0, 0.1) is 11.3 Å². The molecule has 66 valence electrons. The van der Waals surface area contributed by atoms with Crippen molar-refractivity contribution in [2.75, 3.05) is 6.61 Å². The fourth-order valence-electron chi connectivity index (χ4n) is 0.629. The van der Waals surface area contributed by atoms with Gasteiger partial charge in [0.15, 0.2) is 5.57 Å². The van der Waals surface area contributed by atoms with Crippen LogP contribution in [0.4, 0.5) is 0 Å². The zero-order valence-corrected chi connectivity index (χ0v) is 7.26. The average molecular weight is 168 g/mol. The Bertz CT molecular complexity index is 238. The minimum absolute atomic E-state index is 0.0839. The average Bonchev–Trinajstić information content (AvgIpc) is 2.06. The minimum atomic E-state index is -0.639. The van der Waals surface area contributed by atoms with Crippen molar-refractivity contribution in [1.82, 2.24) is 0 Å². The molecule has 4 nitrogen and oxygen atoms in total. The van der Waals surface area contributed by atoms with E-state index >= 15 is 0 Å². The maximum absolute atomic E-state index is 11.0. The summed E-state index contributed by atoms with van der Waals surface area (Å²) in [5.41, 5.74) is 5.61. The molecule has 0 saturated heterocycles. The lowest BCUT2D eigenvalue weighted by Gasteiger charge is -2.01.